The summed E-state index contributed by atoms with van der Waals surface area (Å²) in [6.45, 7) is 2.71. The Bertz CT molecular complexity index is 841. The van der Waals surface area contributed by atoms with Crippen molar-refractivity contribution >= 4 is 5.91 Å². The maximum atomic E-state index is 13.1. The average molecular weight is 367 g/mol. The first-order valence-corrected chi connectivity index (χ1v) is 9.97. The van der Waals surface area contributed by atoms with Gasteiger partial charge in [0, 0.05) is 38.5 Å². The number of rotatable bonds is 5. The highest BCUT2D eigenvalue weighted by Crippen LogP contribution is 2.34. The van der Waals surface area contributed by atoms with Crippen molar-refractivity contribution in [1.82, 2.24) is 14.5 Å². The number of aryl methyl sites for hydroxylation is 1. The lowest BCUT2D eigenvalue weighted by Gasteiger charge is -2.29. The number of carbonyl (C=O) groups is 1. The summed E-state index contributed by atoms with van der Waals surface area (Å²) >= 11 is 0. The Morgan fingerprint density at radius 3 is 3.11 bits per heavy atom. The Morgan fingerprint density at radius 1 is 1.26 bits per heavy atom. The van der Waals surface area contributed by atoms with E-state index in [1.165, 1.54) is 0 Å². The number of fused-ring (bicyclic) bond motifs is 2. The first-order chi connectivity index (χ1) is 13.3. The molecule has 0 radical (unpaired) electrons. The highest BCUT2D eigenvalue weighted by atomic mass is 16.5. The van der Waals surface area contributed by atoms with Crippen LogP contribution in [0.4, 0.5) is 0 Å². The number of carbonyl (C=O) groups excluding carboxylic acids is 1. The molecular formula is C21H25N3O3. The Labute approximate surface area is 159 Å². The van der Waals surface area contributed by atoms with Gasteiger partial charge in [-0.1, -0.05) is 12.1 Å². The van der Waals surface area contributed by atoms with Crippen LogP contribution in [0.15, 0.2) is 30.6 Å². The van der Waals surface area contributed by atoms with E-state index in [9.17, 15) is 4.79 Å². The smallest absolute Gasteiger partial charge is 0.258 e. The Kier molecular flexibility index (Phi) is 4.36. The van der Waals surface area contributed by atoms with Crippen LogP contribution in [0.1, 0.15) is 53.5 Å². The molecule has 5 rings (SSSR count). The van der Waals surface area contributed by atoms with Crippen molar-refractivity contribution in [3.8, 4) is 5.75 Å². The molecule has 0 saturated carbocycles. The number of benzene rings is 1. The van der Waals surface area contributed by atoms with Crippen LogP contribution in [0.3, 0.4) is 0 Å². The van der Waals surface area contributed by atoms with Gasteiger partial charge in [-0.2, -0.15) is 0 Å². The van der Waals surface area contributed by atoms with Gasteiger partial charge < -0.3 is 18.9 Å². The molecule has 0 N–H and O–H groups in total. The minimum Gasteiger partial charge on any atom is -0.490 e. The fourth-order valence-electron chi connectivity index (χ4n) is 4.55. The van der Waals surface area contributed by atoms with Crippen molar-refractivity contribution in [2.45, 2.75) is 50.8 Å². The topological polar surface area (TPSA) is 56.6 Å². The van der Waals surface area contributed by atoms with E-state index in [-0.39, 0.29) is 12.0 Å². The van der Waals surface area contributed by atoms with Crippen molar-refractivity contribution < 1.29 is 14.3 Å². The zero-order valence-corrected chi connectivity index (χ0v) is 15.5. The van der Waals surface area contributed by atoms with Crippen LogP contribution in [-0.4, -0.2) is 46.2 Å². The second-order valence-electron chi connectivity index (χ2n) is 7.72. The summed E-state index contributed by atoms with van der Waals surface area (Å²) < 4.78 is 13.9. The quantitative estimate of drug-likeness (QED) is 0.815. The van der Waals surface area contributed by atoms with Gasteiger partial charge in [0.05, 0.1) is 17.7 Å². The number of aromatic nitrogens is 2. The Morgan fingerprint density at radius 2 is 2.22 bits per heavy atom. The van der Waals surface area contributed by atoms with Crippen molar-refractivity contribution in [2.75, 3.05) is 19.8 Å². The van der Waals surface area contributed by atoms with E-state index >= 15 is 0 Å². The highest BCUT2D eigenvalue weighted by Gasteiger charge is 2.33. The molecule has 2 aromatic rings. The van der Waals surface area contributed by atoms with Crippen LogP contribution in [0.2, 0.25) is 0 Å². The van der Waals surface area contributed by atoms with Crippen molar-refractivity contribution in [1.29, 1.82) is 0 Å². The van der Waals surface area contributed by atoms with Gasteiger partial charge in [-0.15, -0.1) is 0 Å². The molecule has 1 aromatic heterocycles. The monoisotopic (exact) mass is 367 g/mol. The molecule has 1 fully saturated rings. The molecule has 1 saturated heterocycles. The van der Waals surface area contributed by atoms with Gasteiger partial charge in [-0.25, -0.2) is 4.98 Å². The van der Waals surface area contributed by atoms with Crippen LogP contribution >= 0.6 is 0 Å². The Balaban J connectivity index is 1.31. The maximum absolute atomic E-state index is 13.1. The van der Waals surface area contributed by atoms with Crippen LogP contribution in [0, 0.1) is 0 Å². The lowest BCUT2D eigenvalue weighted by atomic mass is 10.0. The number of imidazole rings is 1. The third-order valence-corrected chi connectivity index (χ3v) is 5.93. The second-order valence-corrected chi connectivity index (χ2v) is 7.72. The van der Waals surface area contributed by atoms with Gasteiger partial charge in [-0.05, 0) is 37.3 Å². The van der Waals surface area contributed by atoms with Crippen LogP contribution in [-0.2, 0) is 17.7 Å². The van der Waals surface area contributed by atoms with Crippen molar-refractivity contribution in [3.63, 3.8) is 0 Å². The summed E-state index contributed by atoms with van der Waals surface area (Å²) in [4.78, 5) is 19.5. The fourth-order valence-corrected chi connectivity index (χ4v) is 4.55. The van der Waals surface area contributed by atoms with Crippen molar-refractivity contribution in [3.05, 3.63) is 47.5 Å². The normalized spacial score (nSPS) is 24.1. The standard InChI is InChI=1S/C21H25N3O3/c25-21-20-15(4-1-7-18(20)27-14-17-6-3-11-26-17)12-23(21)13-16-5-2-8-19-22-9-10-24(16)19/h1,4,7,9-10,16-17H,2-3,5-6,8,11-14H2. The fraction of sp³-hybridized carbons (Fsp3) is 0.524. The molecule has 142 valence electrons. The van der Waals surface area contributed by atoms with Gasteiger partial charge >= 0.3 is 0 Å². The van der Waals surface area contributed by atoms with Gasteiger partial charge in [0.2, 0.25) is 0 Å². The van der Waals surface area contributed by atoms with E-state index in [1.54, 1.807) is 0 Å². The maximum Gasteiger partial charge on any atom is 0.258 e. The van der Waals surface area contributed by atoms with E-state index in [4.69, 9.17) is 9.47 Å². The molecule has 0 spiro atoms. The third kappa shape index (κ3) is 3.12. The first kappa shape index (κ1) is 16.8. The molecule has 27 heavy (non-hydrogen) atoms. The van der Waals surface area contributed by atoms with Crippen LogP contribution in [0.25, 0.3) is 0 Å². The zero-order chi connectivity index (χ0) is 18.2. The molecule has 6 nitrogen and oxygen atoms in total. The summed E-state index contributed by atoms with van der Waals surface area (Å²) in [6.07, 6.45) is 9.43. The second kappa shape index (κ2) is 7.00. The van der Waals surface area contributed by atoms with E-state index in [0.29, 0.717) is 24.9 Å². The van der Waals surface area contributed by atoms with Gasteiger partial charge in [-0.3, -0.25) is 4.79 Å². The summed E-state index contributed by atoms with van der Waals surface area (Å²) in [5, 5.41) is 0. The molecule has 3 aliphatic rings. The molecular weight excluding hydrogens is 342 g/mol. The number of amides is 1. The number of ether oxygens (including phenoxy) is 2. The minimum absolute atomic E-state index is 0.0835. The lowest BCUT2D eigenvalue weighted by molar-refractivity contribution is 0.0656. The van der Waals surface area contributed by atoms with E-state index in [0.717, 1.165) is 62.2 Å². The predicted octanol–water partition coefficient (Wildman–Crippen LogP) is 2.97. The first-order valence-electron chi connectivity index (χ1n) is 9.97. The summed E-state index contributed by atoms with van der Waals surface area (Å²) in [5.41, 5.74) is 1.80. The molecule has 3 aliphatic heterocycles. The molecule has 2 unspecified atom stereocenters. The molecule has 6 heteroatoms. The largest absolute Gasteiger partial charge is 0.490 e. The Hall–Kier alpha value is -2.34. The van der Waals surface area contributed by atoms with E-state index in [1.807, 2.05) is 35.5 Å². The molecule has 4 heterocycles. The molecule has 1 amide bonds. The van der Waals surface area contributed by atoms with Gasteiger partial charge in [0.1, 0.15) is 18.2 Å². The third-order valence-electron chi connectivity index (χ3n) is 5.93. The molecule has 2 atom stereocenters. The average Bonchev–Trinajstić information content (AvgIpc) is 3.42. The van der Waals surface area contributed by atoms with Gasteiger partial charge in [0.15, 0.2) is 0 Å². The van der Waals surface area contributed by atoms with E-state index < -0.39 is 0 Å². The van der Waals surface area contributed by atoms with Crippen LogP contribution in [0.5, 0.6) is 5.75 Å². The molecule has 0 aliphatic carbocycles. The lowest BCUT2D eigenvalue weighted by Crippen LogP contribution is -2.33. The number of nitrogens with zero attached hydrogens (tertiary/aromatic N) is 3. The molecule has 0 bridgehead atoms. The predicted molar refractivity (Wildman–Crippen MR) is 99.9 cm³/mol. The summed E-state index contributed by atoms with van der Waals surface area (Å²) in [7, 11) is 0. The molecule has 1 aromatic carbocycles. The highest BCUT2D eigenvalue weighted by molar-refractivity contribution is 6.01. The SMILES string of the molecule is O=C1c2c(cccc2OCC2CCCO2)CN1CC1CCCc2nccn21. The number of hydrogen-bond acceptors (Lipinski definition) is 4. The zero-order valence-electron chi connectivity index (χ0n) is 15.5. The number of hydrogen-bond donors (Lipinski definition) is 0. The van der Waals surface area contributed by atoms with Crippen LogP contribution < -0.4 is 4.74 Å². The van der Waals surface area contributed by atoms with Gasteiger partial charge in [0.25, 0.3) is 5.91 Å². The van der Waals surface area contributed by atoms with E-state index in [2.05, 4.69) is 9.55 Å². The summed E-state index contributed by atoms with van der Waals surface area (Å²) in [5.74, 6) is 1.92. The summed E-state index contributed by atoms with van der Waals surface area (Å²) in [6, 6.07) is 6.24. The minimum atomic E-state index is 0.0835. The van der Waals surface area contributed by atoms with Crippen molar-refractivity contribution in [2.24, 2.45) is 0 Å².